The molecule has 0 saturated carbocycles. The number of carbonyl (C=O) groups excluding carboxylic acids is 1. The van der Waals surface area contributed by atoms with Gasteiger partial charge in [-0.1, -0.05) is 66.7 Å². The maximum atomic E-state index is 12.9. The molecule has 8 heteroatoms. The van der Waals surface area contributed by atoms with Crippen LogP contribution in [0.1, 0.15) is 21.5 Å². The van der Waals surface area contributed by atoms with Crippen LogP contribution in [0.4, 0.5) is 5.69 Å². The van der Waals surface area contributed by atoms with E-state index >= 15 is 0 Å². The van der Waals surface area contributed by atoms with Crippen molar-refractivity contribution in [3.63, 3.8) is 0 Å². The van der Waals surface area contributed by atoms with E-state index in [9.17, 15) is 13.2 Å². The number of hydrogen-bond donors (Lipinski definition) is 2. The molecule has 0 aliphatic carbocycles. The number of sulfonamides is 1. The van der Waals surface area contributed by atoms with Crippen molar-refractivity contribution in [1.29, 1.82) is 0 Å². The van der Waals surface area contributed by atoms with Crippen LogP contribution in [0.15, 0.2) is 114 Å². The molecular weight excluding hydrogens is 464 g/mol. The van der Waals surface area contributed by atoms with Crippen LogP contribution in [0.5, 0.6) is 5.75 Å². The Morgan fingerprint density at radius 3 is 2.00 bits per heavy atom. The highest BCUT2D eigenvalue weighted by molar-refractivity contribution is 7.92. The second-order valence-electron chi connectivity index (χ2n) is 7.64. The molecule has 0 aliphatic heterocycles. The molecule has 0 fully saturated rings. The van der Waals surface area contributed by atoms with Gasteiger partial charge in [-0.05, 0) is 53.6 Å². The molecule has 0 aromatic heterocycles. The van der Waals surface area contributed by atoms with E-state index in [-0.39, 0.29) is 17.1 Å². The minimum Gasteiger partial charge on any atom is -0.489 e. The third kappa shape index (κ3) is 6.92. The highest BCUT2D eigenvalue weighted by atomic mass is 32.2. The van der Waals surface area contributed by atoms with Crippen LogP contribution >= 0.6 is 0 Å². The Balaban J connectivity index is 1.35. The van der Waals surface area contributed by atoms with E-state index in [2.05, 4.69) is 10.2 Å². The minimum absolute atomic E-state index is 0.0439. The van der Waals surface area contributed by atoms with Crippen LogP contribution in [-0.2, 0) is 28.1 Å². The predicted molar refractivity (Wildman–Crippen MR) is 133 cm³/mol. The molecule has 0 radical (unpaired) electrons. The summed E-state index contributed by atoms with van der Waals surface area (Å²) in [5.41, 5.74) is 4.80. The number of nitrogens with one attached hydrogen (secondary N) is 2. The lowest BCUT2D eigenvalue weighted by atomic mass is 10.2. The van der Waals surface area contributed by atoms with Crippen LogP contribution in [0.25, 0.3) is 0 Å². The van der Waals surface area contributed by atoms with Gasteiger partial charge in [-0.2, -0.15) is 0 Å². The summed E-state index contributed by atoms with van der Waals surface area (Å²) in [5, 5.41) is 0. The number of anilines is 1. The van der Waals surface area contributed by atoms with Crippen LogP contribution in [0, 0.1) is 0 Å². The molecule has 0 spiro atoms. The zero-order valence-corrected chi connectivity index (χ0v) is 19.6. The lowest BCUT2D eigenvalue weighted by Gasteiger charge is -2.11. The van der Waals surface area contributed by atoms with E-state index in [1.807, 2.05) is 60.7 Å². The van der Waals surface area contributed by atoms with Crippen molar-refractivity contribution in [2.24, 2.45) is 0 Å². The molecule has 4 aromatic carbocycles. The fourth-order valence-electron chi connectivity index (χ4n) is 3.20. The van der Waals surface area contributed by atoms with Crippen molar-refractivity contribution in [2.75, 3.05) is 4.72 Å². The van der Waals surface area contributed by atoms with Crippen molar-refractivity contribution in [2.45, 2.75) is 18.1 Å². The molecule has 0 saturated heterocycles. The molecule has 0 aliphatic rings. The Morgan fingerprint density at radius 1 is 0.714 bits per heavy atom. The largest absolute Gasteiger partial charge is 0.489 e. The van der Waals surface area contributed by atoms with Gasteiger partial charge >= 0.3 is 0 Å². The monoisotopic (exact) mass is 488 g/mol. The first kappa shape index (κ1) is 24.0. The van der Waals surface area contributed by atoms with Crippen LogP contribution in [0.3, 0.4) is 0 Å². The number of rotatable bonds is 10. The third-order valence-electron chi connectivity index (χ3n) is 5.01. The first-order valence-electron chi connectivity index (χ1n) is 10.9. The Morgan fingerprint density at radius 2 is 1.34 bits per heavy atom. The van der Waals surface area contributed by atoms with E-state index in [4.69, 9.17) is 9.57 Å². The Kier molecular flexibility index (Phi) is 7.77. The quantitative estimate of drug-likeness (QED) is 0.309. The first-order valence-corrected chi connectivity index (χ1v) is 12.3. The highest BCUT2D eigenvalue weighted by Crippen LogP contribution is 2.21. The van der Waals surface area contributed by atoms with E-state index in [1.54, 1.807) is 24.3 Å². The predicted octanol–water partition coefficient (Wildman–Crippen LogP) is 4.93. The molecular formula is C27H24N2O5S. The standard InChI is InChI=1S/C27H24N2O5S/c30-27(28-34-20-22-10-5-2-6-11-22)23-12-7-13-26(18-23)35(31,32)29-24-14-16-25(17-15-24)33-19-21-8-3-1-4-9-21/h1-18,29H,19-20H2,(H,28,30). The smallest absolute Gasteiger partial charge is 0.274 e. The van der Waals surface area contributed by atoms with E-state index < -0.39 is 15.9 Å². The normalized spacial score (nSPS) is 11.0. The lowest BCUT2D eigenvalue weighted by Crippen LogP contribution is -2.24. The molecule has 35 heavy (non-hydrogen) atoms. The number of hydrogen-bond acceptors (Lipinski definition) is 5. The zero-order chi connectivity index (χ0) is 24.5. The summed E-state index contributed by atoms with van der Waals surface area (Å²) in [6.45, 7) is 0.604. The summed E-state index contributed by atoms with van der Waals surface area (Å²) in [4.78, 5) is 17.6. The number of ether oxygens (including phenoxy) is 1. The van der Waals surface area contributed by atoms with Gasteiger partial charge in [-0.15, -0.1) is 0 Å². The summed E-state index contributed by atoms with van der Waals surface area (Å²) in [5.74, 6) is 0.0730. The second kappa shape index (κ2) is 11.3. The topological polar surface area (TPSA) is 93.7 Å². The van der Waals surface area contributed by atoms with E-state index in [1.165, 1.54) is 24.3 Å². The van der Waals surface area contributed by atoms with Crippen molar-refractivity contribution in [3.05, 3.63) is 126 Å². The maximum absolute atomic E-state index is 12.9. The van der Waals surface area contributed by atoms with Gasteiger partial charge in [0.05, 0.1) is 11.5 Å². The first-order chi connectivity index (χ1) is 17.0. The summed E-state index contributed by atoms with van der Waals surface area (Å²) in [6, 6.07) is 31.4. The van der Waals surface area contributed by atoms with Gasteiger partial charge in [0.2, 0.25) is 0 Å². The fraction of sp³-hybridized carbons (Fsp3) is 0.0741. The number of amides is 1. The van der Waals surface area contributed by atoms with Crippen LogP contribution < -0.4 is 14.9 Å². The summed E-state index contributed by atoms with van der Waals surface area (Å²) in [7, 11) is -3.91. The zero-order valence-electron chi connectivity index (χ0n) is 18.8. The SMILES string of the molecule is O=C(NOCc1ccccc1)c1cccc(S(=O)(=O)Nc2ccc(OCc3ccccc3)cc2)c1. The third-order valence-corrected chi connectivity index (χ3v) is 6.39. The summed E-state index contributed by atoms with van der Waals surface area (Å²) in [6.07, 6.45) is 0. The summed E-state index contributed by atoms with van der Waals surface area (Å²) < 4.78 is 34.0. The van der Waals surface area contributed by atoms with Crippen molar-refractivity contribution in [1.82, 2.24) is 5.48 Å². The molecule has 0 unspecified atom stereocenters. The van der Waals surface area contributed by atoms with Gasteiger partial charge in [0, 0.05) is 11.3 Å². The fourth-order valence-corrected chi connectivity index (χ4v) is 4.30. The molecule has 0 heterocycles. The minimum atomic E-state index is -3.91. The second-order valence-corrected chi connectivity index (χ2v) is 9.32. The van der Waals surface area contributed by atoms with Gasteiger partial charge in [0.25, 0.3) is 15.9 Å². The van der Waals surface area contributed by atoms with Gasteiger partial charge in [-0.3, -0.25) is 14.4 Å². The Bertz CT molecular complexity index is 1360. The molecule has 178 valence electrons. The van der Waals surface area contributed by atoms with Crippen molar-refractivity contribution < 1.29 is 22.8 Å². The Hall–Kier alpha value is -4.14. The molecule has 1 amide bonds. The molecule has 4 aromatic rings. The van der Waals surface area contributed by atoms with Gasteiger partial charge in [0.15, 0.2) is 0 Å². The average Bonchev–Trinajstić information content (AvgIpc) is 2.89. The lowest BCUT2D eigenvalue weighted by molar-refractivity contribution is 0.0233. The molecule has 2 N–H and O–H groups in total. The Labute approximate surface area is 204 Å². The summed E-state index contributed by atoms with van der Waals surface area (Å²) >= 11 is 0. The van der Waals surface area contributed by atoms with Gasteiger partial charge in [-0.25, -0.2) is 13.9 Å². The average molecular weight is 489 g/mol. The molecule has 0 atom stereocenters. The van der Waals surface area contributed by atoms with Crippen LogP contribution in [0.2, 0.25) is 0 Å². The van der Waals surface area contributed by atoms with Crippen LogP contribution in [-0.4, -0.2) is 14.3 Å². The molecule has 7 nitrogen and oxygen atoms in total. The molecule has 0 bridgehead atoms. The van der Waals surface area contributed by atoms with Gasteiger partial charge < -0.3 is 4.74 Å². The van der Waals surface area contributed by atoms with Gasteiger partial charge in [0.1, 0.15) is 12.4 Å². The highest BCUT2D eigenvalue weighted by Gasteiger charge is 2.17. The number of carbonyl (C=O) groups is 1. The van der Waals surface area contributed by atoms with E-state index in [0.29, 0.717) is 18.0 Å². The number of benzene rings is 4. The van der Waals surface area contributed by atoms with Crippen molar-refractivity contribution in [3.8, 4) is 5.75 Å². The van der Waals surface area contributed by atoms with Crippen molar-refractivity contribution >= 4 is 21.6 Å². The number of hydroxylamine groups is 1. The maximum Gasteiger partial charge on any atom is 0.274 e. The molecule has 4 rings (SSSR count). The van der Waals surface area contributed by atoms with E-state index in [0.717, 1.165) is 11.1 Å².